The number of aryl methyl sites for hydroxylation is 1. The molecule has 0 radical (unpaired) electrons. The molecular formula is C16H14Br2N4. The van der Waals surface area contributed by atoms with E-state index in [9.17, 15) is 0 Å². The number of halogens is 2. The van der Waals surface area contributed by atoms with Gasteiger partial charge in [0.1, 0.15) is 5.69 Å². The maximum atomic E-state index is 5.20. The van der Waals surface area contributed by atoms with Crippen LogP contribution in [-0.4, -0.2) is 7.05 Å². The molecule has 0 aliphatic carbocycles. The molecule has 112 valence electrons. The lowest BCUT2D eigenvalue weighted by molar-refractivity contribution is 1.20. The first kappa shape index (κ1) is 16.5. The summed E-state index contributed by atoms with van der Waals surface area (Å²) in [6.07, 6.45) is 0. The second-order valence-electron chi connectivity index (χ2n) is 4.61. The normalized spacial score (nSPS) is 10.4. The summed E-state index contributed by atoms with van der Waals surface area (Å²) in [6, 6.07) is 16.7. The zero-order chi connectivity index (χ0) is 16.1. The van der Waals surface area contributed by atoms with Gasteiger partial charge in [0, 0.05) is 33.8 Å². The van der Waals surface area contributed by atoms with Crippen LogP contribution in [0.15, 0.2) is 55.6 Å². The summed E-state index contributed by atoms with van der Waals surface area (Å²) in [6.45, 7) is 2.02. The quantitative estimate of drug-likeness (QED) is 0.418. The Hall–Kier alpha value is -1.84. The third kappa shape index (κ3) is 4.09. The van der Waals surface area contributed by atoms with Crippen LogP contribution in [0, 0.1) is 19.0 Å². The fourth-order valence-corrected chi connectivity index (χ4v) is 3.37. The van der Waals surface area contributed by atoms with Gasteiger partial charge < -0.3 is 10.6 Å². The van der Waals surface area contributed by atoms with Gasteiger partial charge in [-0.15, -0.1) is 5.11 Å². The molecule has 0 heterocycles. The van der Waals surface area contributed by atoms with Crippen LogP contribution < -0.4 is 10.6 Å². The predicted octanol–water partition coefficient (Wildman–Crippen LogP) is 5.25. The van der Waals surface area contributed by atoms with Crippen molar-refractivity contribution in [2.75, 3.05) is 11.9 Å². The predicted molar refractivity (Wildman–Crippen MR) is 97.6 cm³/mol. The molecule has 0 aliphatic rings. The molecule has 0 saturated carbocycles. The van der Waals surface area contributed by atoms with E-state index in [0.717, 1.165) is 31.6 Å². The zero-order valence-corrected chi connectivity index (χ0v) is 15.3. The van der Waals surface area contributed by atoms with Gasteiger partial charge >= 0.3 is 0 Å². The Morgan fingerprint density at radius 1 is 1.05 bits per heavy atom. The van der Waals surface area contributed by atoms with Gasteiger partial charge in [0.15, 0.2) is 0 Å². The second-order valence-corrected chi connectivity index (χ2v) is 6.32. The van der Waals surface area contributed by atoms with Crippen molar-refractivity contribution < 1.29 is 0 Å². The molecular weight excluding hydrogens is 408 g/mol. The van der Waals surface area contributed by atoms with Gasteiger partial charge in [-0.2, -0.15) is 5.11 Å². The number of hydrogen-bond donors (Lipinski definition) is 1. The highest BCUT2D eigenvalue weighted by Gasteiger charge is 2.05. The number of nitrogens with two attached hydrogens (primary N) is 1. The highest BCUT2D eigenvalue weighted by Crippen LogP contribution is 2.35. The molecule has 0 unspecified atom stereocenters. The number of rotatable bonds is 3. The SMILES string of the molecule is Cc1cc(Br)c(N=Nc2ccc(N(C)C#CN)cc2)c(Br)c1. The Labute approximate surface area is 146 Å². The molecule has 0 aliphatic heterocycles. The lowest BCUT2D eigenvalue weighted by Crippen LogP contribution is -2.08. The lowest BCUT2D eigenvalue weighted by atomic mass is 10.2. The van der Waals surface area contributed by atoms with Crippen LogP contribution >= 0.6 is 31.9 Å². The molecule has 0 spiro atoms. The van der Waals surface area contributed by atoms with E-state index in [4.69, 9.17) is 5.73 Å². The number of anilines is 1. The standard InChI is InChI=1S/C16H14Br2N4/c1-11-9-14(17)16(15(18)10-11)21-20-12-3-5-13(6-4-12)22(2)8-7-19/h3-6,9-10H,19H2,1-2H3. The van der Waals surface area contributed by atoms with E-state index in [1.807, 2.05) is 50.4 Å². The molecule has 0 atom stereocenters. The Kier molecular flexibility index (Phi) is 5.58. The van der Waals surface area contributed by atoms with Crippen molar-refractivity contribution >= 4 is 48.9 Å². The molecule has 2 aromatic carbocycles. The first-order chi connectivity index (χ1) is 10.5. The summed E-state index contributed by atoms with van der Waals surface area (Å²) in [5.74, 6) is 0. The van der Waals surface area contributed by atoms with Gasteiger partial charge in [-0.25, -0.2) is 0 Å². The van der Waals surface area contributed by atoms with E-state index in [2.05, 4.69) is 54.2 Å². The van der Waals surface area contributed by atoms with E-state index < -0.39 is 0 Å². The van der Waals surface area contributed by atoms with Crippen molar-refractivity contribution in [1.29, 1.82) is 0 Å². The molecule has 6 heteroatoms. The number of hydrogen-bond acceptors (Lipinski definition) is 4. The van der Waals surface area contributed by atoms with E-state index >= 15 is 0 Å². The number of azo groups is 1. The first-order valence-electron chi connectivity index (χ1n) is 6.43. The highest BCUT2D eigenvalue weighted by molar-refractivity contribution is 9.11. The molecule has 0 fully saturated rings. The van der Waals surface area contributed by atoms with Crippen LogP contribution in [0.25, 0.3) is 0 Å². The molecule has 0 amide bonds. The van der Waals surface area contributed by atoms with Gasteiger partial charge in [-0.05, 0) is 80.7 Å². The smallest absolute Gasteiger partial charge is 0.114 e. The Morgan fingerprint density at radius 3 is 2.18 bits per heavy atom. The minimum atomic E-state index is 0.761. The largest absolute Gasteiger partial charge is 0.358 e. The summed E-state index contributed by atoms with van der Waals surface area (Å²) < 4.78 is 1.80. The van der Waals surface area contributed by atoms with Gasteiger partial charge in [0.25, 0.3) is 0 Å². The topological polar surface area (TPSA) is 54.0 Å². The molecule has 4 nitrogen and oxygen atoms in total. The van der Waals surface area contributed by atoms with Crippen molar-refractivity contribution in [3.05, 3.63) is 50.9 Å². The van der Waals surface area contributed by atoms with E-state index in [-0.39, 0.29) is 0 Å². The van der Waals surface area contributed by atoms with Crippen LogP contribution in [0.2, 0.25) is 0 Å². The van der Waals surface area contributed by atoms with Crippen LogP contribution in [0.3, 0.4) is 0 Å². The maximum absolute atomic E-state index is 5.20. The average Bonchev–Trinajstić information content (AvgIpc) is 2.47. The summed E-state index contributed by atoms with van der Waals surface area (Å²) in [7, 11) is 1.84. The molecule has 2 N–H and O–H groups in total. The number of nitrogens with zero attached hydrogens (tertiary/aromatic N) is 3. The molecule has 0 bridgehead atoms. The Balaban J connectivity index is 2.22. The monoisotopic (exact) mass is 420 g/mol. The minimum absolute atomic E-state index is 0.761. The Morgan fingerprint density at radius 2 is 1.64 bits per heavy atom. The van der Waals surface area contributed by atoms with Crippen molar-refractivity contribution in [3.63, 3.8) is 0 Å². The molecule has 2 aromatic rings. The zero-order valence-electron chi connectivity index (χ0n) is 12.1. The summed E-state index contributed by atoms with van der Waals surface area (Å²) in [4.78, 5) is 1.74. The van der Waals surface area contributed by atoms with Crippen LogP contribution in [-0.2, 0) is 0 Å². The molecule has 0 saturated heterocycles. The summed E-state index contributed by atoms with van der Waals surface area (Å²) in [5, 5.41) is 8.56. The van der Waals surface area contributed by atoms with Crippen molar-refractivity contribution in [2.24, 2.45) is 16.0 Å². The highest BCUT2D eigenvalue weighted by atomic mass is 79.9. The van der Waals surface area contributed by atoms with Gasteiger partial charge in [-0.1, -0.05) is 0 Å². The van der Waals surface area contributed by atoms with E-state index in [1.54, 1.807) is 4.90 Å². The number of benzene rings is 2. The molecule has 22 heavy (non-hydrogen) atoms. The maximum Gasteiger partial charge on any atom is 0.114 e. The third-order valence-electron chi connectivity index (χ3n) is 2.90. The van der Waals surface area contributed by atoms with Gasteiger partial charge in [0.2, 0.25) is 0 Å². The van der Waals surface area contributed by atoms with Crippen LogP contribution in [0.4, 0.5) is 17.1 Å². The summed E-state index contributed by atoms with van der Waals surface area (Å²) >= 11 is 7.00. The van der Waals surface area contributed by atoms with Crippen molar-refractivity contribution in [2.45, 2.75) is 6.92 Å². The first-order valence-corrected chi connectivity index (χ1v) is 8.02. The summed E-state index contributed by atoms with van der Waals surface area (Å²) in [5.41, 5.74) is 8.81. The third-order valence-corrected chi connectivity index (χ3v) is 4.10. The molecule has 0 aromatic heterocycles. The lowest BCUT2D eigenvalue weighted by Gasteiger charge is -2.10. The van der Waals surface area contributed by atoms with Gasteiger partial charge in [0.05, 0.1) is 5.69 Å². The average molecular weight is 422 g/mol. The van der Waals surface area contributed by atoms with E-state index in [1.165, 1.54) is 0 Å². The van der Waals surface area contributed by atoms with E-state index in [0.29, 0.717) is 0 Å². The Bertz CT molecular complexity index is 735. The fourth-order valence-electron chi connectivity index (χ4n) is 1.80. The van der Waals surface area contributed by atoms with Crippen molar-refractivity contribution in [3.8, 4) is 12.1 Å². The van der Waals surface area contributed by atoms with Crippen molar-refractivity contribution in [1.82, 2.24) is 0 Å². The minimum Gasteiger partial charge on any atom is -0.358 e. The van der Waals surface area contributed by atoms with Crippen LogP contribution in [0.1, 0.15) is 5.56 Å². The second kappa shape index (κ2) is 7.43. The fraction of sp³-hybridized carbons (Fsp3) is 0.125. The molecule has 2 rings (SSSR count). The van der Waals surface area contributed by atoms with Gasteiger partial charge in [-0.3, -0.25) is 0 Å². The van der Waals surface area contributed by atoms with Crippen LogP contribution in [0.5, 0.6) is 0 Å².